The van der Waals surface area contributed by atoms with Gasteiger partial charge in [0.05, 0.1) is 11.0 Å². The molecule has 0 bridgehead atoms. The lowest BCUT2D eigenvalue weighted by Crippen LogP contribution is -2.35. The number of carbonyl (C=O) groups is 1. The zero-order valence-corrected chi connectivity index (χ0v) is 14.0. The Labute approximate surface area is 140 Å². The number of halogens is 4. The van der Waals surface area contributed by atoms with Gasteiger partial charge < -0.3 is 5.11 Å². The number of benzene rings is 1. The van der Waals surface area contributed by atoms with Crippen molar-refractivity contribution in [3.63, 3.8) is 0 Å². The summed E-state index contributed by atoms with van der Waals surface area (Å²) >= 11 is 3.30. The Morgan fingerprint density at radius 1 is 1.43 bits per heavy atom. The molecule has 1 saturated carbocycles. The van der Waals surface area contributed by atoms with E-state index in [1.807, 2.05) is 4.90 Å². The van der Waals surface area contributed by atoms with Gasteiger partial charge in [-0.25, -0.2) is 0 Å². The Morgan fingerprint density at radius 3 is 2.78 bits per heavy atom. The molecule has 126 valence electrons. The van der Waals surface area contributed by atoms with Crippen molar-refractivity contribution in [3.05, 3.63) is 33.8 Å². The van der Waals surface area contributed by atoms with Crippen molar-refractivity contribution in [2.75, 3.05) is 13.1 Å². The molecule has 2 atom stereocenters. The van der Waals surface area contributed by atoms with Crippen molar-refractivity contribution >= 4 is 21.9 Å². The molecule has 2 aliphatic rings. The topological polar surface area (TPSA) is 40.5 Å². The summed E-state index contributed by atoms with van der Waals surface area (Å²) in [5.74, 6) is -0.671. The summed E-state index contributed by atoms with van der Waals surface area (Å²) in [5, 5.41) is 9.58. The molecule has 1 aromatic carbocycles. The van der Waals surface area contributed by atoms with Crippen LogP contribution >= 0.6 is 15.9 Å². The molecule has 0 amide bonds. The predicted molar refractivity (Wildman–Crippen MR) is 81.8 cm³/mol. The van der Waals surface area contributed by atoms with Crippen molar-refractivity contribution in [2.45, 2.75) is 32.0 Å². The second-order valence-electron chi connectivity index (χ2n) is 6.52. The molecule has 1 aromatic rings. The first-order valence-electron chi connectivity index (χ1n) is 7.54. The molecular formula is C16H17BrF3NO2. The average molecular weight is 392 g/mol. The Kier molecular flexibility index (Phi) is 4.21. The van der Waals surface area contributed by atoms with Gasteiger partial charge in [-0.1, -0.05) is 22.4 Å². The summed E-state index contributed by atoms with van der Waals surface area (Å²) in [7, 11) is 0. The van der Waals surface area contributed by atoms with E-state index in [4.69, 9.17) is 0 Å². The second-order valence-corrected chi connectivity index (χ2v) is 7.38. The highest BCUT2D eigenvalue weighted by atomic mass is 79.9. The first kappa shape index (κ1) is 16.8. The SMILES string of the molecule is O=C(O)[C@@]12CCC[C@H]1CN(Cc1cc(C(F)(F)F)ccc1Br)C2. The van der Waals surface area contributed by atoms with Crippen LogP contribution in [0.15, 0.2) is 22.7 Å². The minimum Gasteiger partial charge on any atom is -0.481 e. The second kappa shape index (κ2) is 5.77. The molecule has 2 fully saturated rings. The highest BCUT2D eigenvalue weighted by molar-refractivity contribution is 9.10. The predicted octanol–water partition coefficient (Wildman–Crippen LogP) is 4.15. The van der Waals surface area contributed by atoms with E-state index in [0.717, 1.165) is 25.0 Å². The van der Waals surface area contributed by atoms with Gasteiger partial charge in [0, 0.05) is 24.1 Å². The van der Waals surface area contributed by atoms with Gasteiger partial charge in [0.1, 0.15) is 0 Å². The highest BCUT2D eigenvalue weighted by Gasteiger charge is 2.54. The maximum Gasteiger partial charge on any atom is 0.416 e. The number of alkyl halides is 3. The van der Waals surface area contributed by atoms with Gasteiger partial charge in [0.25, 0.3) is 0 Å². The number of carboxylic acids is 1. The maximum absolute atomic E-state index is 12.9. The normalized spacial score (nSPS) is 28.1. The first-order chi connectivity index (χ1) is 10.7. The van der Waals surface area contributed by atoms with Gasteiger partial charge in [-0.2, -0.15) is 13.2 Å². The number of carboxylic acid groups (broad SMARTS) is 1. The molecule has 23 heavy (non-hydrogen) atoms. The molecule has 0 unspecified atom stereocenters. The Bertz CT molecular complexity index is 634. The van der Waals surface area contributed by atoms with Crippen molar-refractivity contribution < 1.29 is 23.1 Å². The summed E-state index contributed by atoms with van der Waals surface area (Å²) in [4.78, 5) is 13.6. The average Bonchev–Trinajstić information content (AvgIpc) is 2.97. The number of aliphatic carboxylic acids is 1. The summed E-state index contributed by atoms with van der Waals surface area (Å²) in [6.45, 7) is 1.38. The van der Waals surface area contributed by atoms with Crippen LogP contribution in [-0.4, -0.2) is 29.1 Å². The van der Waals surface area contributed by atoms with Gasteiger partial charge in [-0.3, -0.25) is 9.69 Å². The third-order valence-corrected chi connectivity index (χ3v) is 5.91. The molecule has 1 aliphatic carbocycles. The van der Waals surface area contributed by atoms with E-state index in [0.29, 0.717) is 36.1 Å². The van der Waals surface area contributed by atoms with Crippen molar-refractivity contribution in [1.82, 2.24) is 4.90 Å². The molecule has 0 radical (unpaired) electrons. The minimum atomic E-state index is -4.38. The van der Waals surface area contributed by atoms with Gasteiger partial charge in [-0.05, 0) is 42.5 Å². The standard InChI is InChI=1S/C16H17BrF3NO2/c17-13-4-3-11(16(18,19)20)6-10(13)7-21-8-12-2-1-5-15(12,9-21)14(22)23/h3-4,6,12H,1-2,5,7-9H2,(H,22,23)/t12-,15+/m0/s1. The van der Waals surface area contributed by atoms with Gasteiger partial charge >= 0.3 is 12.1 Å². The summed E-state index contributed by atoms with van der Waals surface area (Å²) in [5.41, 5.74) is -0.850. The van der Waals surface area contributed by atoms with E-state index in [-0.39, 0.29) is 5.92 Å². The van der Waals surface area contributed by atoms with Crippen molar-refractivity contribution in [3.8, 4) is 0 Å². The lowest BCUT2D eigenvalue weighted by molar-refractivity contribution is -0.149. The Morgan fingerprint density at radius 2 is 2.17 bits per heavy atom. The maximum atomic E-state index is 12.9. The molecule has 0 spiro atoms. The van der Waals surface area contributed by atoms with Crippen LogP contribution in [0, 0.1) is 11.3 Å². The van der Waals surface area contributed by atoms with E-state index < -0.39 is 23.1 Å². The third-order valence-electron chi connectivity index (χ3n) is 5.13. The van der Waals surface area contributed by atoms with Gasteiger partial charge in [0.2, 0.25) is 0 Å². The van der Waals surface area contributed by atoms with Crippen LogP contribution in [0.5, 0.6) is 0 Å². The van der Waals surface area contributed by atoms with E-state index in [1.165, 1.54) is 6.07 Å². The molecule has 0 aromatic heterocycles. The summed E-state index contributed by atoms with van der Waals surface area (Å²) < 4.78 is 39.2. The van der Waals surface area contributed by atoms with Crippen LogP contribution < -0.4 is 0 Å². The van der Waals surface area contributed by atoms with Crippen molar-refractivity contribution in [2.24, 2.45) is 11.3 Å². The molecule has 1 aliphatic heterocycles. The smallest absolute Gasteiger partial charge is 0.416 e. The van der Waals surface area contributed by atoms with E-state index in [2.05, 4.69) is 15.9 Å². The fourth-order valence-electron chi connectivity index (χ4n) is 3.98. The number of hydrogen-bond donors (Lipinski definition) is 1. The van der Waals surface area contributed by atoms with E-state index >= 15 is 0 Å². The number of fused-ring (bicyclic) bond motifs is 1. The van der Waals surface area contributed by atoms with Crippen LogP contribution in [-0.2, 0) is 17.5 Å². The zero-order valence-electron chi connectivity index (χ0n) is 12.4. The quantitative estimate of drug-likeness (QED) is 0.840. The summed E-state index contributed by atoms with van der Waals surface area (Å²) in [6.07, 6.45) is -1.92. The fourth-order valence-corrected chi connectivity index (χ4v) is 4.35. The van der Waals surface area contributed by atoms with Crippen molar-refractivity contribution in [1.29, 1.82) is 0 Å². The molecule has 1 saturated heterocycles. The van der Waals surface area contributed by atoms with E-state index in [1.54, 1.807) is 0 Å². The van der Waals surface area contributed by atoms with Crippen LogP contribution in [0.2, 0.25) is 0 Å². The summed E-state index contributed by atoms with van der Waals surface area (Å²) in [6, 6.07) is 3.60. The highest BCUT2D eigenvalue weighted by Crippen LogP contribution is 2.49. The van der Waals surface area contributed by atoms with E-state index in [9.17, 15) is 23.1 Å². The fraction of sp³-hybridized carbons (Fsp3) is 0.562. The van der Waals surface area contributed by atoms with Gasteiger partial charge in [-0.15, -0.1) is 0 Å². The monoisotopic (exact) mass is 391 g/mol. The number of hydrogen-bond acceptors (Lipinski definition) is 2. The zero-order chi connectivity index (χ0) is 16.8. The largest absolute Gasteiger partial charge is 0.481 e. The lowest BCUT2D eigenvalue weighted by Gasteiger charge is -2.23. The molecule has 3 nitrogen and oxygen atoms in total. The first-order valence-corrected chi connectivity index (χ1v) is 8.33. The number of likely N-dealkylation sites (tertiary alicyclic amines) is 1. The molecule has 7 heteroatoms. The van der Waals surface area contributed by atoms with Crippen LogP contribution in [0.3, 0.4) is 0 Å². The number of nitrogens with zero attached hydrogens (tertiary/aromatic N) is 1. The molecule has 1 N–H and O–H groups in total. The molecule has 1 heterocycles. The lowest BCUT2D eigenvalue weighted by atomic mass is 9.81. The number of rotatable bonds is 3. The molecular weight excluding hydrogens is 375 g/mol. The Hall–Kier alpha value is -1.08. The van der Waals surface area contributed by atoms with Crippen LogP contribution in [0.25, 0.3) is 0 Å². The van der Waals surface area contributed by atoms with Crippen LogP contribution in [0.1, 0.15) is 30.4 Å². The third kappa shape index (κ3) is 3.01. The molecule has 3 rings (SSSR count). The Balaban J connectivity index is 1.80. The van der Waals surface area contributed by atoms with Crippen LogP contribution in [0.4, 0.5) is 13.2 Å². The van der Waals surface area contributed by atoms with Gasteiger partial charge in [0.15, 0.2) is 0 Å². The minimum absolute atomic E-state index is 0.101.